The lowest BCUT2D eigenvalue weighted by Gasteiger charge is -2.21. The molecule has 0 aromatic carbocycles. The fraction of sp³-hybridized carbons (Fsp3) is 1.00. The van der Waals surface area contributed by atoms with Gasteiger partial charge in [0.25, 0.3) is 0 Å². The Morgan fingerprint density at radius 3 is 2.38 bits per heavy atom. The summed E-state index contributed by atoms with van der Waals surface area (Å²) in [5.41, 5.74) is 0. The molecule has 0 radical (unpaired) electrons. The molecule has 0 spiro atoms. The molecule has 0 saturated carbocycles. The van der Waals surface area contributed by atoms with Gasteiger partial charge in [0.05, 0.1) is 19.3 Å². The summed E-state index contributed by atoms with van der Waals surface area (Å²) in [7, 11) is -0.140. The first-order valence-corrected chi connectivity index (χ1v) is 2.70. The summed E-state index contributed by atoms with van der Waals surface area (Å²) in [6, 6.07) is 0. The van der Waals surface area contributed by atoms with Crippen molar-refractivity contribution < 1.29 is 14.4 Å². The molecule has 1 heterocycles. The summed E-state index contributed by atoms with van der Waals surface area (Å²) >= 11 is 0. The van der Waals surface area contributed by atoms with Crippen LogP contribution < -0.4 is 0 Å². The first-order valence-electron chi connectivity index (χ1n) is 2.70. The van der Waals surface area contributed by atoms with Crippen LogP contribution in [0, 0.1) is 0 Å². The summed E-state index contributed by atoms with van der Waals surface area (Å²) in [5, 5.41) is 8.78. The minimum absolute atomic E-state index is 0.140. The lowest BCUT2D eigenvalue weighted by molar-refractivity contribution is 0.00694. The highest BCUT2D eigenvalue weighted by molar-refractivity contribution is 6.42. The number of aliphatic hydroxyl groups excluding tert-OH is 1. The van der Waals surface area contributed by atoms with Crippen LogP contribution in [-0.2, 0) is 9.31 Å². The summed E-state index contributed by atoms with van der Waals surface area (Å²) in [4.78, 5) is 0. The second kappa shape index (κ2) is 2.48. The summed E-state index contributed by atoms with van der Waals surface area (Å²) in [5.74, 6) is 0. The van der Waals surface area contributed by atoms with E-state index in [1.54, 1.807) is 0 Å². The second-order valence-corrected chi connectivity index (χ2v) is 1.89. The smallest absolute Gasteiger partial charge is 0.409 e. The molecule has 0 aromatic heterocycles. The first kappa shape index (κ1) is 6.07. The minimum Gasteiger partial charge on any atom is -0.409 e. The summed E-state index contributed by atoms with van der Waals surface area (Å²) in [6.07, 6.45) is -0.425. The van der Waals surface area contributed by atoms with Crippen LogP contribution in [0.5, 0.6) is 0 Å². The van der Waals surface area contributed by atoms with Crippen molar-refractivity contribution in [3.63, 3.8) is 0 Å². The van der Waals surface area contributed by atoms with Crippen molar-refractivity contribution in [1.29, 1.82) is 0 Å². The molecule has 1 aliphatic heterocycles. The van der Waals surface area contributed by atoms with Gasteiger partial charge in [0.2, 0.25) is 0 Å². The lowest BCUT2D eigenvalue weighted by atomic mass is 9.94. The van der Waals surface area contributed by atoms with Crippen LogP contribution in [0.15, 0.2) is 0 Å². The number of hydrogen-bond donors (Lipinski definition) is 1. The molecule has 1 saturated heterocycles. The predicted octanol–water partition coefficient (Wildman–Crippen LogP) is -0.488. The van der Waals surface area contributed by atoms with E-state index in [1.165, 1.54) is 0 Å². The molecule has 1 fully saturated rings. The van der Waals surface area contributed by atoms with Crippen molar-refractivity contribution in [1.82, 2.24) is 0 Å². The summed E-state index contributed by atoms with van der Waals surface area (Å²) in [6.45, 7) is 2.62. The van der Waals surface area contributed by atoms with Gasteiger partial charge in [-0.2, -0.15) is 0 Å². The van der Waals surface area contributed by atoms with E-state index in [0.717, 1.165) is 0 Å². The zero-order valence-corrected chi connectivity index (χ0v) is 4.83. The predicted molar refractivity (Wildman–Crippen MR) is 29.5 cm³/mol. The highest BCUT2D eigenvalue weighted by Gasteiger charge is 2.19. The quantitative estimate of drug-likeness (QED) is 0.434. The van der Waals surface area contributed by atoms with E-state index in [-0.39, 0.29) is 7.12 Å². The number of rotatable bonds is 0. The molecule has 0 aromatic rings. The van der Waals surface area contributed by atoms with E-state index < -0.39 is 6.10 Å². The minimum atomic E-state index is -0.425. The van der Waals surface area contributed by atoms with Crippen LogP contribution in [-0.4, -0.2) is 31.5 Å². The molecule has 3 nitrogen and oxygen atoms in total. The Kier molecular flexibility index (Phi) is 1.88. The van der Waals surface area contributed by atoms with E-state index in [2.05, 4.69) is 0 Å². The maximum atomic E-state index is 8.78. The molecular formula is C4H9BO3. The molecule has 0 atom stereocenters. The zero-order valence-electron chi connectivity index (χ0n) is 4.83. The van der Waals surface area contributed by atoms with Crippen molar-refractivity contribution in [2.45, 2.75) is 12.9 Å². The monoisotopic (exact) mass is 116 g/mol. The van der Waals surface area contributed by atoms with E-state index >= 15 is 0 Å². The molecule has 0 bridgehead atoms. The van der Waals surface area contributed by atoms with Crippen molar-refractivity contribution in [3.8, 4) is 0 Å². The third-order valence-corrected chi connectivity index (χ3v) is 1.05. The van der Waals surface area contributed by atoms with Crippen LogP contribution in [0.2, 0.25) is 6.82 Å². The van der Waals surface area contributed by atoms with Gasteiger partial charge in [-0.25, -0.2) is 0 Å². The molecule has 0 unspecified atom stereocenters. The largest absolute Gasteiger partial charge is 0.453 e. The van der Waals surface area contributed by atoms with E-state index in [4.69, 9.17) is 14.4 Å². The number of aliphatic hydroxyl groups is 1. The SMILES string of the molecule is CB1OCC(O)CO1. The van der Waals surface area contributed by atoms with Gasteiger partial charge in [-0.15, -0.1) is 0 Å². The summed E-state index contributed by atoms with van der Waals surface area (Å²) < 4.78 is 9.84. The molecule has 1 rings (SSSR count). The van der Waals surface area contributed by atoms with Crippen LogP contribution in [0.4, 0.5) is 0 Å². The highest BCUT2D eigenvalue weighted by Crippen LogP contribution is 1.99. The first-order chi connectivity index (χ1) is 3.79. The Bertz CT molecular complexity index is 59.7. The van der Waals surface area contributed by atoms with Crippen molar-refractivity contribution in [2.24, 2.45) is 0 Å². The highest BCUT2D eigenvalue weighted by atomic mass is 16.6. The van der Waals surface area contributed by atoms with Gasteiger partial charge >= 0.3 is 7.12 Å². The lowest BCUT2D eigenvalue weighted by Crippen LogP contribution is -2.36. The third-order valence-electron chi connectivity index (χ3n) is 1.05. The van der Waals surface area contributed by atoms with E-state index in [0.29, 0.717) is 13.2 Å². The van der Waals surface area contributed by atoms with Gasteiger partial charge in [-0.1, -0.05) is 0 Å². The maximum Gasteiger partial charge on any atom is 0.453 e. The van der Waals surface area contributed by atoms with Gasteiger partial charge in [0, 0.05) is 0 Å². The Morgan fingerprint density at radius 2 is 2.00 bits per heavy atom. The molecule has 8 heavy (non-hydrogen) atoms. The Labute approximate surface area is 48.7 Å². The van der Waals surface area contributed by atoms with Crippen LogP contribution in [0.3, 0.4) is 0 Å². The van der Waals surface area contributed by atoms with Gasteiger partial charge in [-0.3, -0.25) is 0 Å². The van der Waals surface area contributed by atoms with Crippen LogP contribution in [0.25, 0.3) is 0 Å². The molecule has 4 heteroatoms. The molecule has 0 amide bonds. The standard InChI is InChI=1S/C4H9BO3/c1-5-7-2-4(6)3-8-5/h4,6H,2-3H2,1H3. The normalized spacial score (nSPS) is 24.0. The fourth-order valence-electron chi connectivity index (χ4n) is 0.589. The fourth-order valence-corrected chi connectivity index (χ4v) is 0.589. The maximum absolute atomic E-state index is 8.78. The molecule has 46 valence electrons. The molecule has 0 aliphatic carbocycles. The van der Waals surface area contributed by atoms with Crippen molar-refractivity contribution in [2.75, 3.05) is 13.2 Å². The molecule has 1 N–H and O–H groups in total. The second-order valence-electron chi connectivity index (χ2n) is 1.89. The van der Waals surface area contributed by atoms with E-state index in [9.17, 15) is 0 Å². The van der Waals surface area contributed by atoms with Crippen molar-refractivity contribution in [3.05, 3.63) is 0 Å². The van der Waals surface area contributed by atoms with Gasteiger partial charge < -0.3 is 14.4 Å². The Hall–Kier alpha value is -0.0551. The van der Waals surface area contributed by atoms with Gasteiger partial charge in [0.1, 0.15) is 0 Å². The Morgan fingerprint density at radius 1 is 1.50 bits per heavy atom. The third kappa shape index (κ3) is 1.47. The van der Waals surface area contributed by atoms with Gasteiger partial charge in [0.15, 0.2) is 0 Å². The average Bonchev–Trinajstić information content (AvgIpc) is 1.77. The molecular weight excluding hydrogens is 107 g/mol. The Balaban J connectivity index is 2.19. The average molecular weight is 116 g/mol. The van der Waals surface area contributed by atoms with E-state index in [1.807, 2.05) is 6.82 Å². The van der Waals surface area contributed by atoms with Crippen LogP contribution >= 0.6 is 0 Å². The van der Waals surface area contributed by atoms with Crippen molar-refractivity contribution >= 4 is 7.12 Å². The van der Waals surface area contributed by atoms with Crippen LogP contribution in [0.1, 0.15) is 0 Å². The topological polar surface area (TPSA) is 38.7 Å². The number of hydrogen-bond acceptors (Lipinski definition) is 3. The zero-order chi connectivity index (χ0) is 5.98. The van der Waals surface area contributed by atoms with Gasteiger partial charge in [-0.05, 0) is 6.82 Å². The molecule has 1 aliphatic rings.